The Morgan fingerprint density at radius 1 is 0.950 bits per heavy atom. The van der Waals surface area contributed by atoms with Gasteiger partial charge in [-0.15, -0.1) is 0 Å². The van der Waals surface area contributed by atoms with Gasteiger partial charge in [-0.25, -0.2) is 8.78 Å². The van der Waals surface area contributed by atoms with Crippen LogP contribution < -0.4 is 10.5 Å². The summed E-state index contributed by atoms with van der Waals surface area (Å²) in [5, 5.41) is 0. The van der Waals surface area contributed by atoms with Crippen LogP contribution in [-0.4, -0.2) is 0 Å². The zero-order valence-electron chi connectivity index (χ0n) is 11.7. The number of rotatable bonds is 2. The van der Waals surface area contributed by atoms with Crippen LogP contribution in [0.25, 0.3) is 0 Å². The first-order valence-corrected chi connectivity index (χ1v) is 6.30. The van der Waals surface area contributed by atoms with Crippen LogP contribution >= 0.6 is 0 Å². The van der Waals surface area contributed by atoms with Gasteiger partial charge in [0.15, 0.2) is 17.4 Å². The van der Waals surface area contributed by atoms with Gasteiger partial charge in [0.1, 0.15) is 5.75 Å². The van der Waals surface area contributed by atoms with E-state index in [1.807, 2.05) is 12.1 Å². The monoisotopic (exact) mass is 277 g/mol. The highest BCUT2D eigenvalue weighted by Crippen LogP contribution is 2.31. The summed E-state index contributed by atoms with van der Waals surface area (Å²) in [6, 6.07) is 9.19. The van der Waals surface area contributed by atoms with Crippen molar-refractivity contribution in [1.82, 2.24) is 0 Å². The molecule has 0 heterocycles. The van der Waals surface area contributed by atoms with Gasteiger partial charge in [0.2, 0.25) is 0 Å². The van der Waals surface area contributed by atoms with Crippen molar-refractivity contribution < 1.29 is 13.5 Å². The van der Waals surface area contributed by atoms with Crippen molar-refractivity contribution >= 4 is 5.69 Å². The molecule has 106 valence electrons. The maximum absolute atomic E-state index is 13.6. The molecule has 0 aliphatic rings. The van der Waals surface area contributed by atoms with Gasteiger partial charge in [-0.1, -0.05) is 32.9 Å². The summed E-state index contributed by atoms with van der Waals surface area (Å²) in [5.41, 5.74) is 6.50. The molecule has 0 atom stereocenters. The van der Waals surface area contributed by atoms with E-state index in [9.17, 15) is 8.78 Å². The Bertz CT molecular complexity index is 592. The SMILES string of the molecule is CC(C)(C)c1ccc(Oc2c(F)cc(N)cc2F)cc1. The van der Waals surface area contributed by atoms with E-state index in [0.29, 0.717) is 5.75 Å². The smallest absolute Gasteiger partial charge is 0.198 e. The Morgan fingerprint density at radius 2 is 1.45 bits per heavy atom. The molecule has 2 aromatic rings. The van der Waals surface area contributed by atoms with Crippen LogP contribution in [0.1, 0.15) is 26.3 Å². The van der Waals surface area contributed by atoms with E-state index in [2.05, 4.69) is 20.8 Å². The Morgan fingerprint density at radius 3 is 1.90 bits per heavy atom. The van der Waals surface area contributed by atoms with Crippen LogP contribution in [0.5, 0.6) is 11.5 Å². The molecule has 2 rings (SSSR count). The standard InChI is InChI=1S/C16H17F2NO/c1-16(2,3)10-4-6-12(7-5-10)20-15-13(17)8-11(19)9-14(15)18/h4-9H,19H2,1-3H3. The van der Waals surface area contributed by atoms with Crippen LogP contribution in [-0.2, 0) is 5.41 Å². The minimum atomic E-state index is -0.817. The molecule has 20 heavy (non-hydrogen) atoms. The van der Waals surface area contributed by atoms with Gasteiger partial charge in [-0.3, -0.25) is 0 Å². The molecule has 2 nitrogen and oxygen atoms in total. The Kier molecular flexibility index (Phi) is 3.66. The van der Waals surface area contributed by atoms with Crippen LogP contribution in [0, 0.1) is 11.6 Å². The number of halogens is 2. The van der Waals surface area contributed by atoms with E-state index < -0.39 is 17.4 Å². The molecular weight excluding hydrogens is 260 g/mol. The minimum Gasteiger partial charge on any atom is -0.451 e. The first kappa shape index (κ1) is 14.3. The third-order valence-corrected chi connectivity index (χ3v) is 2.96. The summed E-state index contributed by atoms with van der Waals surface area (Å²) in [4.78, 5) is 0. The number of hydrogen-bond donors (Lipinski definition) is 1. The van der Waals surface area contributed by atoms with Crippen molar-refractivity contribution in [1.29, 1.82) is 0 Å². The van der Waals surface area contributed by atoms with Gasteiger partial charge < -0.3 is 10.5 Å². The number of nitrogen functional groups attached to an aromatic ring is 1. The Labute approximate surface area is 117 Å². The van der Waals surface area contributed by atoms with Gasteiger partial charge in [-0.2, -0.15) is 0 Å². The van der Waals surface area contributed by atoms with Crippen LogP contribution in [0.3, 0.4) is 0 Å². The molecule has 0 radical (unpaired) electrons. The molecule has 0 aliphatic heterocycles. The third kappa shape index (κ3) is 3.07. The second-order valence-corrected chi connectivity index (χ2v) is 5.69. The number of ether oxygens (including phenoxy) is 1. The second-order valence-electron chi connectivity index (χ2n) is 5.69. The molecule has 0 fully saturated rings. The molecule has 2 N–H and O–H groups in total. The number of benzene rings is 2. The van der Waals surface area contributed by atoms with Gasteiger partial charge in [0.25, 0.3) is 0 Å². The summed E-state index contributed by atoms with van der Waals surface area (Å²) >= 11 is 0. The van der Waals surface area contributed by atoms with Crippen molar-refractivity contribution in [2.24, 2.45) is 0 Å². The van der Waals surface area contributed by atoms with E-state index in [-0.39, 0.29) is 11.1 Å². The number of anilines is 1. The molecule has 0 unspecified atom stereocenters. The highest BCUT2D eigenvalue weighted by molar-refractivity contribution is 5.45. The summed E-state index contributed by atoms with van der Waals surface area (Å²) in [6.07, 6.45) is 0. The van der Waals surface area contributed by atoms with Crippen molar-refractivity contribution in [3.8, 4) is 11.5 Å². The molecule has 0 amide bonds. The van der Waals surface area contributed by atoms with E-state index in [0.717, 1.165) is 17.7 Å². The lowest BCUT2D eigenvalue weighted by molar-refractivity contribution is 0.407. The van der Waals surface area contributed by atoms with Crippen LogP contribution in [0.15, 0.2) is 36.4 Å². The predicted octanol–water partition coefficient (Wildman–Crippen LogP) is 4.64. The normalized spacial score (nSPS) is 11.4. The van der Waals surface area contributed by atoms with Gasteiger partial charge >= 0.3 is 0 Å². The lowest BCUT2D eigenvalue weighted by atomic mass is 9.87. The van der Waals surface area contributed by atoms with Gasteiger partial charge in [0, 0.05) is 17.8 Å². The van der Waals surface area contributed by atoms with Crippen molar-refractivity contribution in [2.45, 2.75) is 26.2 Å². The average molecular weight is 277 g/mol. The number of hydrogen-bond acceptors (Lipinski definition) is 2. The fourth-order valence-corrected chi connectivity index (χ4v) is 1.82. The number of nitrogens with two attached hydrogens (primary N) is 1. The lowest BCUT2D eigenvalue weighted by Gasteiger charge is -2.19. The van der Waals surface area contributed by atoms with Crippen LogP contribution in [0.4, 0.5) is 14.5 Å². The molecule has 0 aliphatic carbocycles. The predicted molar refractivity (Wildman–Crippen MR) is 76.0 cm³/mol. The zero-order chi connectivity index (χ0) is 14.9. The van der Waals surface area contributed by atoms with E-state index in [1.165, 1.54) is 0 Å². The van der Waals surface area contributed by atoms with Crippen molar-refractivity contribution in [2.75, 3.05) is 5.73 Å². The first-order chi connectivity index (χ1) is 9.27. The van der Waals surface area contributed by atoms with Crippen molar-refractivity contribution in [3.63, 3.8) is 0 Å². The minimum absolute atomic E-state index is 0.0101. The summed E-state index contributed by atoms with van der Waals surface area (Å²) in [7, 11) is 0. The molecule has 0 aromatic heterocycles. The third-order valence-electron chi connectivity index (χ3n) is 2.96. The topological polar surface area (TPSA) is 35.2 Å². The summed E-state index contributed by atoms with van der Waals surface area (Å²) < 4.78 is 32.5. The molecule has 4 heteroatoms. The Hall–Kier alpha value is -2.10. The largest absolute Gasteiger partial charge is 0.451 e. The second kappa shape index (κ2) is 5.12. The highest BCUT2D eigenvalue weighted by atomic mass is 19.1. The molecule has 0 bridgehead atoms. The van der Waals surface area contributed by atoms with E-state index in [1.54, 1.807) is 12.1 Å². The average Bonchev–Trinajstić information content (AvgIpc) is 2.33. The molecule has 0 spiro atoms. The summed E-state index contributed by atoms with van der Waals surface area (Å²) in [5.74, 6) is -1.70. The molecular formula is C16H17F2NO. The quantitative estimate of drug-likeness (QED) is 0.812. The molecule has 0 saturated carbocycles. The Balaban J connectivity index is 2.27. The molecule has 0 saturated heterocycles. The van der Waals surface area contributed by atoms with Crippen molar-refractivity contribution in [3.05, 3.63) is 53.6 Å². The maximum Gasteiger partial charge on any atom is 0.198 e. The van der Waals surface area contributed by atoms with Gasteiger partial charge in [0.05, 0.1) is 0 Å². The summed E-state index contributed by atoms with van der Waals surface area (Å²) in [6.45, 7) is 6.26. The van der Waals surface area contributed by atoms with Gasteiger partial charge in [-0.05, 0) is 23.1 Å². The lowest BCUT2D eigenvalue weighted by Crippen LogP contribution is -2.10. The highest BCUT2D eigenvalue weighted by Gasteiger charge is 2.15. The molecule has 2 aromatic carbocycles. The fourth-order valence-electron chi connectivity index (χ4n) is 1.82. The fraction of sp³-hybridized carbons (Fsp3) is 0.250. The maximum atomic E-state index is 13.6. The van der Waals surface area contributed by atoms with E-state index >= 15 is 0 Å². The van der Waals surface area contributed by atoms with Crippen LogP contribution in [0.2, 0.25) is 0 Å². The van der Waals surface area contributed by atoms with E-state index in [4.69, 9.17) is 10.5 Å². The zero-order valence-corrected chi connectivity index (χ0v) is 11.7. The first-order valence-electron chi connectivity index (χ1n) is 6.30.